The van der Waals surface area contributed by atoms with E-state index in [9.17, 15) is 14.0 Å². The number of anilines is 3. The maximum atomic E-state index is 15.7. The smallest absolute Gasteiger partial charge is 0.405 e. The van der Waals surface area contributed by atoms with Gasteiger partial charge in [-0.1, -0.05) is 16.6 Å². The highest BCUT2D eigenvalue weighted by Crippen LogP contribution is 2.40. The van der Waals surface area contributed by atoms with Crippen molar-refractivity contribution >= 4 is 29.3 Å². The zero-order valence-corrected chi connectivity index (χ0v) is 18.9. The quantitative estimate of drug-likeness (QED) is 0.275. The van der Waals surface area contributed by atoms with Gasteiger partial charge in [-0.25, -0.2) is 19.3 Å². The maximum absolute atomic E-state index is 15.7. The molecular formula is C23H25F2N7O3. The summed E-state index contributed by atoms with van der Waals surface area (Å²) in [6, 6.07) is 8.14. The molecule has 1 saturated carbocycles. The van der Waals surface area contributed by atoms with Gasteiger partial charge in [-0.2, -0.15) is 5.10 Å². The van der Waals surface area contributed by atoms with E-state index >= 15 is 4.48 Å². The van der Waals surface area contributed by atoms with E-state index in [-0.39, 0.29) is 18.1 Å². The highest BCUT2D eigenvalue weighted by Gasteiger charge is 2.26. The molecule has 2 heterocycles. The number of pyridine rings is 1. The fourth-order valence-electron chi connectivity index (χ4n) is 3.48. The van der Waals surface area contributed by atoms with Crippen LogP contribution in [0.25, 0.3) is 0 Å². The highest BCUT2D eigenvalue weighted by molar-refractivity contribution is 5.81. The van der Waals surface area contributed by atoms with Crippen molar-refractivity contribution in [3.63, 3.8) is 0 Å². The van der Waals surface area contributed by atoms with Gasteiger partial charge in [0.2, 0.25) is 5.91 Å². The van der Waals surface area contributed by atoms with Gasteiger partial charge in [0.1, 0.15) is 11.5 Å². The number of carbonyl (C=O) groups is 2. The first-order valence-electron chi connectivity index (χ1n) is 11.1. The van der Waals surface area contributed by atoms with Crippen LogP contribution in [-0.2, 0) is 11.3 Å². The first kappa shape index (κ1) is 23.9. The molecule has 10 nitrogen and oxygen atoms in total. The highest BCUT2D eigenvalue weighted by atomic mass is 19.2. The summed E-state index contributed by atoms with van der Waals surface area (Å²) in [4.78, 5) is 26.7. The third kappa shape index (κ3) is 6.22. The Hall–Kier alpha value is -4.22. The van der Waals surface area contributed by atoms with E-state index in [0.717, 1.165) is 18.5 Å². The van der Waals surface area contributed by atoms with Gasteiger partial charge in [-0.05, 0) is 49.1 Å². The lowest BCUT2D eigenvalue weighted by atomic mass is 10.1. The number of benzene rings is 1. The van der Waals surface area contributed by atoms with Crippen molar-refractivity contribution in [3.8, 4) is 0 Å². The summed E-state index contributed by atoms with van der Waals surface area (Å²) < 4.78 is 29.0. The Morgan fingerprint density at radius 2 is 1.97 bits per heavy atom. The molecule has 0 unspecified atom stereocenters. The average molecular weight is 485 g/mol. The third-order valence-electron chi connectivity index (χ3n) is 5.60. The minimum absolute atomic E-state index is 0.00736. The number of nitrogens with one attached hydrogen (secondary N) is 4. The Morgan fingerprint density at radius 1 is 1.23 bits per heavy atom. The molecule has 5 N–H and O–H groups in total. The number of carbonyl (C=O) groups excluding carboxylic acids is 1. The monoisotopic (exact) mass is 485 g/mol. The zero-order chi connectivity index (χ0) is 24.9. The summed E-state index contributed by atoms with van der Waals surface area (Å²) in [7, 11) is 0. The minimum Gasteiger partial charge on any atom is -0.465 e. The summed E-state index contributed by atoms with van der Waals surface area (Å²) in [5.74, 6) is 0.193. The molecule has 3 aromatic rings. The Bertz CT molecular complexity index is 1200. The maximum Gasteiger partial charge on any atom is 0.405 e. The molecule has 1 atom stereocenters. The van der Waals surface area contributed by atoms with E-state index in [4.69, 9.17) is 5.11 Å². The molecule has 2 aromatic heterocycles. The zero-order valence-electron chi connectivity index (χ0n) is 18.9. The number of carboxylic acid groups (broad SMARTS) is 1. The van der Waals surface area contributed by atoms with Crippen LogP contribution in [0.2, 0.25) is 0 Å². The molecule has 0 radical (unpaired) electrons. The summed E-state index contributed by atoms with van der Waals surface area (Å²) in [5.41, 5.74) is 2.13. The molecule has 4 rings (SSSR count). The van der Waals surface area contributed by atoms with Crippen molar-refractivity contribution in [3.05, 3.63) is 65.2 Å². The predicted molar refractivity (Wildman–Crippen MR) is 124 cm³/mol. The van der Waals surface area contributed by atoms with Crippen LogP contribution in [0, 0.1) is 5.82 Å². The molecule has 184 valence electrons. The van der Waals surface area contributed by atoms with E-state index in [1.165, 1.54) is 36.5 Å². The van der Waals surface area contributed by atoms with Crippen molar-refractivity contribution in [1.29, 1.82) is 0 Å². The van der Waals surface area contributed by atoms with Crippen LogP contribution < -0.4 is 21.1 Å². The fourth-order valence-corrected chi connectivity index (χ4v) is 3.48. The number of halogens is 2. The number of rotatable bonds is 10. The van der Waals surface area contributed by atoms with Crippen LogP contribution in [0.4, 0.5) is 31.0 Å². The normalized spacial score (nSPS) is 13.7. The summed E-state index contributed by atoms with van der Waals surface area (Å²) >= 11 is 0. The SMILES string of the molecule is C[C@@H](c1ccc(F)cc1)N(F)c1cc(CNC(=O)CNC(=O)O)cnc1Nc1cc(C2CC2)[nH]n1. The molecule has 0 spiro atoms. The van der Waals surface area contributed by atoms with Crippen molar-refractivity contribution in [1.82, 2.24) is 25.8 Å². The Kier molecular flexibility index (Phi) is 7.09. The molecule has 1 fully saturated rings. The van der Waals surface area contributed by atoms with E-state index in [1.807, 2.05) is 11.4 Å². The molecule has 1 aromatic carbocycles. The van der Waals surface area contributed by atoms with E-state index in [0.29, 0.717) is 28.0 Å². The van der Waals surface area contributed by atoms with Crippen LogP contribution in [0.3, 0.4) is 0 Å². The standard InChI is InChI=1S/C23H25F2N7O3/c1-13(15-4-6-17(24)7-5-15)32(25)19-8-14(10-26-21(33)12-28-23(34)35)11-27-22(19)29-20-9-18(30-31-20)16-2-3-16/h4-9,11,13,16,28H,2-3,10,12H2,1H3,(H,26,33)(H,34,35)(H2,27,29,30,31)/t13-/m0/s1. The molecule has 2 amide bonds. The van der Waals surface area contributed by atoms with Crippen LogP contribution in [-0.4, -0.2) is 38.8 Å². The Balaban J connectivity index is 1.55. The minimum atomic E-state index is -1.31. The van der Waals surface area contributed by atoms with Gasteiger partial charge in [-0.15, -0.1) is 0 Å². The number of hydrogen-bond acceptors (Lipinski definition) is 6. The molecule has 1 aliphatic carbocycles. The van der Waals surface area contributed by atoms with Gasteiger partial charge in [-0.3, -0.25) is 9.89 Å². The Labute approximate surface area is 199 Å². The summed E-state index contributed by atoms with van der Waals surface area (Å²) in [5, 5.41) is 23.9. The topological polar surface area (TPSA) is 135 Å². The first-order chi connectivity index (χ1) is 16.8. The lowest BCUT2D eigenvalue weighted by molar-refractivity contribution is -0.120. The largest absolute Gasteiger partial charge is 0.465 e. The number of nitrogens with zero attached hydrogens (tertiary/aromatic N) is 3. The van der Waals surface area contributed by atoms with Gasteiger partial charge in [0.15, 0.2) is 11.6 Å². The molecule has 1 aliphatic rings. The predicted octanol–water partition coefficient (Wildman–Crippen LogP) is 3.90. The van der Waals surface area contributed by atoms with E-state index < -0.39 is 30.4 Å². The number of H-pyrrole nitrogens is 1. The van der Waals surface area contributed by atoms with E-state index in [1.54, 1.807) is 6.92 Å². The first-order valence-corrected chi connectivity index (χ1v) is 11.1. The Morgan fingerprint density at radius 3 is 2.66 bits per heavy atom. The third-order valence-corrected chi connectivity index (χ3v) is 5.60. The van der Waals surface area contributed by atoms with Gasteiger partial charge < -0.3 is 21.1 Å². The number of amides is 2. The van der Waals surface area contributed by atoms with Crippen LogP contribution >= 0.6 is 0 Å². The van der Waals surface area contributed by atoms with Gasteiger partial charge in [0.25, 0.3) is 0 Å². The molecule has 0 bridgehead atoms. The lowest BCUT2D eigenvalue weighted by Crippen LogP contribution is -2.35. The van der Waals surface area contributed by atoms with E-state index in [2.05, 4.69) is 25.8 Å². The number of hydrogen-bond donors (Lipinski definition) is 5. The lowest BCUT2D eigenvalue weighted by Gasteiger charge is -2.24. The van der Waals surface area contributed by atoms with Gasteiger partial charge in [0, 0.05) is 30.4 Å². The second-order valence-electron chi connectivity index (χ2n) is 8.29. The van der Waals surface area contributed by atoms with Crippen LogP contribution in [0.15, 0.2) is 42.6 Å². The van der Waals surface area contributed by atoms with Crippen molar-refractivity contribution in [2.24, 2.45) is 0 Å². The van der Waals surface area contributed by atoms with Crippen molar-refractivity contribution in [2.45, 2.75) is 38.3 Å². The van der Waals surface area contributed by atoms with Gasteiger partial charge in [0.05, 0.1) is 12.6 Å². The van der Waals surface area contributed by atoms with Crippen LogP contribution in [0.1, 0.15) is 48.5 Å². The van der Waals surface area contributed by atoms with Gasteiger partial charge >= 0.3 is 6.09 Å². The molecule has 12 heteroatoms. The van der Waals surface area contributed by atoms with Crippen molar-refractivity contribution < 1.29 is 23.6 Å². The molecular weight excluding hydrogens is 460 g/mol. The summed E-state index contributed by atoms with van der Waals surface area (Å²) in [6.07, 6.45) is 2.36. The van der Waals surface area contributed by atoms with Crippen molar-refractivity contribution in [2.75, 3.05) is 17.0 Å². The molecule has 35 heavy (non-hydrogen) atoms. The number of aromatic nitrogens is 3. The molecule has 0 saturated heterocycles. The second kappa shape index (κ2) is 10.4. The summed E-state index contributed by atoms with van der Waals surface area (Å²) in [6.45, 7) is 1.23. The number of aromatic amines is 1. The fraction of sp³-hybridized carbons (Fsp3) is 0.304. The van der Waals surface area contributed by atoms with Crippen LogP contribution in [0.5, 0.6) is 0 Å². The average Bonchev–Trinajstić information content (AvgIpc) is 3.60. The second-order valence-corrected chi connectivity index (χ2v) is 8.29. The molecule has 0 aliphatic heterocycles.